The second kappa shape index (κ2) is 7.23. The summed E-state index contributed by atoms with van der Waals surface area (Å²) >= 11 is 0. The number of anilines is 1. The highest BCUT2D eigenvalue weighted by Crippen LogP contribution is 2.37. The van der Waals surface area contributed by atoms with Crippen molar-refractivity contribution in [3.63, 3.8) is 0 Å². The van der Waals surface area contributed by atoms with Gasteiger partial charge in [-0.2, -0.15) is 5.26 Å². The summed E-state index contributed by atoms with van der Waals surface area (Å²) in [5.74, 6) is -0.151. The zero-order valence-electron chi connectivity index (χ0n) is 16.0. The number of hydrogen-bond acceptors (Lipinski definition) is 4. The molecule has 1 atom stereocenters. The Kier molecular flexibility index (Phi) is 4.40. The number of nitrogens with zero attached hydrogens (tertiary/aromatic N) is 5. The summed E-state index contributed by atoms with van der Waals surface area (Å²) in [6.45, 7) is 0.712. The lowest BCUT2D eigenvalue weighted by atomic mass is 10.0. The third-order valence-corrected chi connectivity index (χ3v) is 5.52. The van der Waals surface area contributed by atoms with Crippen LogP contribution in [0.3, 0.4) is 0 Å². The van der Waals surface area contributed by atoms with Crippen molar-refractivity contribution < 1.29 is 8.78 Å². The highest BCUT2D eigenvalue weighted by Gasteiger charge is 2.30. The Morgan fingerprint density at radius 3 is 2.67 bits per heavy atom. The SMILES string of the molecule is N#Cc1ccc(-n2cnc3ccc(N4CCC[C@H]4c4cc(F)ccc4F)nc32)cc1. The number of imidazole rings is 1. The van der Waals surface area contributed by atoms with Crippen LogP contribution < -0.4 is 4.90 Å². The van der Waals surface area contributed by atoms with Crippen molar-refractivity contribution in [2.45, 2.75) is 18.9 Å². The van der Waals surface area contributed by atoms with E-state index < -0.39 is 11.6 Å². The first-order valence-corrected chi connectivity index (χ1v) is 9.70. The Hall–Kier alpha value is -3.79. The molecule has 0 N–H and O–H groups in total. The van der Waals surface area contributed by atoms with Crippen molar-refractivity contribution in [3.8, 4) is 11.8 Å². The molecule has 148 valence electrons. The third kappa shape index (κ3) is 3.07. The van der Waals surface area contributed by atoms with Gasteiger partial charge in [-0.3, -0.25) is 4.57 Å². The van der Waals surface area contributed by atoms with Gasteiger partial charge in [0, 0.05) is 17.8 Å². The molecule has 0 saturated carbocycles. The van der Waals surface area contributed by atoms with Gasteiger partial charge < -0.3 is 4.90 Å². The first-order chi connectivity index (χ1) is 14.6. The maximum absolute atomic E-state index is 14.4. The van der Waals surface area contributed by atoms with Gasteiger partial charge in [-0.15, -0.1) is 0 Å². The van der Waals surface area contributed by atoms with Gasteiger partial charge in [0.2, 0.25) is 0 Å². The minimum absolute atomic E-state index is 0.267. The third-order valence-electron chi connectivity index (χ3n) is 5.52. The Balaban J connectivity index is 1.56. The lowest BCUT2D eigenvalue weighted by Gasteiger charge is -2.26. The van der Waals surface area contributed by atoms with E-state index in [9.17, 15) is 8.78 Å². The maximum Gasteiger partial charge on any atom is 0.166 e. The van der Waals surface area contributed by atoms with Crippen molar-refractivity contribution >= 4 is 17.0 Å². The van der Waals surface area contributed by atoms with Crippen molar-refractivity contribution in [3.05, 3.63) is 83.7 Å². The molecule has 2 aromatic heterocycles. The minimum Gasteiger partial charge on any atom is -0.349 e. The molecule has 1 aliphatic rings. The van der Waals surface area contributed by atoms with Crippen LogP contribution in [0.25, 0.3) is 16.9 Å². The second-order valence-corrected chi connectivity index (χ2v) is 7.30. The van der Waals surface area contributed by atoms with Gasteiger partial charge in [0.05, 0.1) is 17.7 Å². The summed E-state index contributed by atoms with van der Waals surface area (Å²) in [5, 5.41) is 9.01. The number of nitriles is 1. The molecule has 3 heterocycles. The lowest BCUT2D eigenvalue weighted by Crippen LogP contribution is -2.24. The van der Waals surface area contributed by atoms with Crippen molar-refractivity contribution in [1.29, 1.82) is 5.26 Å². The number of halogens is 2. The van der Waals surface area contributed by atoms with E-state index in [0.717, 1.165) is 30.1 Å². The van der Waals surface area contributed by atoms with Crippen LogP contribution in [-0.2, 0) is 0 Å². The molecule has 1 saturated heterocycles. The molecule has 0 spiro atoms. The molecule has 0 unspecified atom stereocenters. The first-order valence-electron chi connectivity index (χ1n) is 9.70. The molecule has 4 aromatic rings. The molecule has 0 bridgehead atoms. The van der Waals surface area contributed by atoms with Gasteiger partial charge in [0.25, 0.3) is 0 Å². The molecule has 1 fully saturated rings. The molecule has 5 rings (SSSR count). The molecule has 0 radical (unpaired) electrons. The van der Waals surface area contributed by atoms with E-state index in [4.69, 9.17) is 10.2 Å². The van der Waals surface area contributed by atoms with Crippen LogP contribution in [0.4, 0.5) is 14.6 Å². The molecule has 0 amide bonds. The van der Waals surface area contributed by atoms with Gasteiger partial charge in [-0.05, 0) is 67.4 Å². The van der Waals surface area contributed by atoms with Crippen molar-refractivity contribution in [2.24, 2.45) is 0 Å². The predicted molar refractivity (Wildman–Crippen MR) is 109 cm³/mol. The fourth-order valence-electron chi connectivity index (χ4n) is 4.06. The van der Waals surface area contributed by atoms with Crippen LogP contribution in [0.1, 0.15) is 30.0 Å². The number of fused-ring (bicyclic) bond motifs is 1. The fraction of sp³-hybridized carbons (Fsp3) is 0.174. The van der Waals surface area contributed by atoms with Gasteiger partial charge in [0.1, 0.15) is 29.3 Å². The van der Waals surface area contributed by atoms with Crippen molar-refractivity contribution in [1.82, 2.24) is 14.5 Å². The van der Waals surface area contributed by atoms with Gasteiger partial charge in [-0.25, -0.2) is 18.7 Å². The summed E-state index contributed by atoms with van der Waals surface area (Å²) in [7, 11) is 0. The Bertz CT molecular complexity index is 1270. The minimum atomic E-state index is -0.444. The van der Waals surface area contributed by atoms with Crippen LogP contribution in [0, 0.1) is 23.0 Å². The molecule has 5 nitrogen and oxygen atoms in total. The van der Waals surface area contributed by atoms with Crippen LogP contribution in [0.15, 0.2) is 60.9 Å². The maximum atomic E-state index is 14.4. The van der Waals surface area contributed by atoms with Crippen molar-refractivity contribution in [2.75, 3.05) is 11.4 Å². The fourth-order valence-corrected chi connectivity index (χ4v) is 4.06. The van der Waals surface area contributed by atoms with E-state index in [0.29, 0.717) is 29.1 Å². The van der Waals surface area contributed by atoms with Gasteiger partial charge >= 0.3 is 0 Å². The smallest absolute Gasteiger partial charge is 0.166 e. The number of pyridine rings is 1. The van der Waals surface area contributed by atoms with E-state index in [1.165, 1.54) is 12.1 Å². The zero-order valence-corrected chi connectivity index (χ0v) is 16.0. The zero-order chi connectivity index (χ0) is 20.7. The Labute approximate surface area is 171 Å². The van der Waals surface area contributed by atoms with E-state index in [1.807, 2.05) is 33.7 Å². The van der Waals surface area contributed by atoms with Crippen LogP contribution >= 0.6 is 0 Å². The van der Waals surface area contributed by atoms with Crippen LogP contribution in [0.5, 0.6) is 0 Å². The average molecular weight is 401 g/mol. The molecular formula is C23H17F2N5. The van der Waals surface area contributed by atoms with Crippen LogP contribution in [0.2, 0.25) is 0 Å². The first kappa shape index (κ1) is 18.3. The molecule has 0 aliphatic carbocycles. The molecule has 30 heavy (non-hydrogen) atoms. The quantitative estimate of drug-likeness (QED) is 0.489. The highest BCUT2D eigenvalue weighted by atomic mass is 19.1. The Morgan fingerprint density at radius 2 is 1.87 bits per heavy atom. The van der Waals surface area contributed by atoms with E-state index in [2.05, 4.69) is 11.1 Å². The van der Waals surface area contributed by atoms with E-state index >= 15 is 0 Å². The number of aromatic nitrogens is 3. The topological polar surface area (TPSA) is 57.7 Å². The predicted octanol–water partition coefficient (Wildman–Crippen LogP) is 4.91. The summed E-state index contributed by atoms with van der Waals surface area (Å²) in [4.78, 5) is 11.2. The van der Waals surface area contributed by atoms with E-state index in [-0.39, 0.29) is 6.04 Å². The standard InChI is InChI=1S/C23H17F2N5/c24-16-5-8-19(25)18(12-16)21-2-1-11-29(21)22-10-9-20-23(28-22)30(14-27-20)17-6-3-15(13-26)4-7-17/h3-10,12,14,21H,1-2,11H2/t21-/m0/s1. The summed E-state index contributed by atoms with van der Waals surface area (Å²) < 4.78 is 30.0. The Morgan fingerprint density at radius 1 is 1.03 bits per heavy atom. The largest absolute Gasteiger partial charge is 0.349 e. The summed E-state index contributed by atoms with van der Waals surface area (Å²) in [6, 6.07) is 16.4. The summed E-state index contributed by atoms with van der Waals surface area (Å²) in [6.07, 6.45) is 3.29. The van der Waals surface area contributed by atoms with Gasteiger partial charge in [-0.1, -0.05) is 0 Å². The number of rotatable bonds is 3. The average Bonchev–Trinajstić information content (AvgIpc) is 3.42. The second-order valence-electron chi connectivity index (χ2n) is 7.30. The highest BCUT2D eigenvalue weighted by molar-refractivity contribution is 5.75. The normalized spacial score (nSPS) is 16.2. The monoisotopic (exact) mass is 401 g/mol. The molecule has 1 aliphatic heterocycles. The molecule has 2 aromatic carbocycles. The lowest BCUT2D eigenvalue weighted by molar-refractivity contribution is 0.560. The van der Waals surface area contributed by atoms with Crippen LogP contribution in [-0.4, -0.2) is 21.1 Å². The molecule has 7 heteroatoms. The van der Waals surface area contributed by atoms with Gasteiger partial charge in [0.15, 0.2) is 5.65 Å². The molecular weight excluding hydrogens is 384 g/mol. The number of hydrogen-bond donors (Lipinski definition) is 0. The summed E-state index contributed by atoms with van der Waals surface area (Å²) in [5.41, 5.74) is 3.18. The van der Waals surface area contributed by atoms with E-state index in [1.54, 1.807) is 18.5 Å². The number of benzene rings is 2.